The van der Waals surface area contributed by atoms with Crippen LogP contribution in [0.3, 0.4) is 0 Å². The molecule has 0 radical (unpaired) electrons. The maximum absolute atomic E-state index is 6.20. The predicted octanol–water partition coefficient (Wildman–Crippen LogP) is 3.36. The minimum Gasteiger partial charge on any atom is -0.359 e. The van der Waals surface area contributed by atoms with Crippen molar-refractivity contribution in [1.82, 2.24) is 0 Å². The molecule has 4 heteroatoms. The number of halogens is 1. The average molecular weight is 246 g/mol. The molecule has 0 atom stereocenters. The van der Waals surface area contributed by atoms with Crippen LogP contribution in [0.1, 0.15) is 43.7 Å². The molecular formula is C11H16ClNOS. The number of rotatable bonds is 1. The molecular weight excluding hydrogens is 230 g/mol. The van der Waals surface area contributed by atoms with Gasteiger partial charge in [-0.05, 0) is 27.7 Å². The van der Waals surface area contributed by atoms with Gasteiger partial charge in [0.15, 0.2) is 0 Å². The first-order valence-electron chi connectivity index (χ1n) is 5.02. The van der Waals surface area contributed by atoms with E-state index in [-0.39, 0.29) is 11.2 Å². The van der Waals surface area contributed by atoms with Crippen molar-refractivity contribution in [3.63, 3.8) is 0 Å². The molecule has 0 saturated heterocycles. The zero-order valence-electron chi connectivity index (χ0n) is 9.48. The Morgan fingerprint density at radius 2 is 1.87 bits per heavy atom. The molecule has 0 fully saturated rings. The van der Waals surface area contributed by atoms with Crippen LogP contribution in [0.5, 0.6) is 0 Å². The van der Waals surface area contributed by atoms with Gasteiger partial charge in [0.2, 0.25) is 0 Å². The van der Waals surface area contributed by atoms with Crippen LogP contribution in [0.25, 0.3) is 0 Å². The van der Waals surface area contributed by atoms with Crippen LogP contribution in [0.15, 0.2) is 0 Å². The number of hydrogen-bond donors (Lipinski definition) is 1. The fourth-order valence-electron chi connectivity index (χ4n) is 2.42. The van der Waals surface area contributed by atoms with Crippen LogP contribution >= 0.6 is 22.9 Å². The molecule has 1 aromatic heterocycles. The molecule has 84 valence electrons. The molecule has 1 aliphatic rings. The Hall–Kier alpha value is -0.0900. The summed E-state index contributed by atoms with van der Waals surface area (Å²) in [5, 5.41) is 0. The van der Waals surface area contributed by atoms with Crippen LogP contribution in [0.2, 0.25) is 4.34 Å². The highest BCUT2D eigenvalue weighted by molar-refractivity contribution is 7.16. The lowest BCUT2D eigenvalue weighted by Gasteiger charge is -2.25. The number of fused-ring (bicyclic) bond motifs is 1. The van der Waals surface area contributed by atoms with E-state index in [1.165, 1.54) is 10.4 Å². The third kappa shape index (κ3) is 1.53. The second-order valence-electron chi connectivity index (χ2n) is 4.89. The molecule has 0 saturated carbocycles. The standard InChI is InChI=1S/C11H16ClNOS/c1-10(2)7-6(5-13)9(12)15-8(7)11(3,4)14-10/h5,13H2,1-4H3. The highest BCUT2D eigenvalue weighted by Crippen LogP contribution is 2.53. The van der Waals surface area contributed by atoms with Crippen molar-refractivity contribution in [2.75, 3.05) is 0 Å². The summed E-state index contributed by atoms with van der Waals surface area (Å²) < 4.78 is 6.85. The van der Waals surface area contributed by atoms with E-state index in [9.17, 15) is 0 Å². The zero-order valence-corrected chi connectivity index (χ0v) is 11.1. The molecule has 0 aliphatic carbocycles. The Balaban J connectivity index is 2.70. The summed E-state index contributed by atoms with van der Waals surface area (Å²) in [5.74, 6) is 0. The SMILES string of the molecule is CC1(C)OC(C)(C)c2c1sc(Cl)c2CN. The van der Waals surface area contributed by atoms with Crippen molar-refractivity contribution >= 4 is 22.9 Å². The Labute approximate surface area is 99.4 Å². The minimum absolute atomic E-state index is 0.249. The molecule has 0 aromatic carbocycles. The van der Waals surface area contributed by atoms with Crippen LogP contribution in [-0.2, 0) is 22.5 Å². The van der Waals surface area contributed by atoms with Gasteiger partial charge in [-0.3, -0.25) is 0 Å². The smallest absolute Gasteiger partial charge is 0.0983 e. The third-order valence-corrected chi connectivity index (χ3v) is 4.61. The van der Waals surface area contributed by atoms with Crippen molar-refractivity contribution in [2.24, 2.45) is 5.73 Å². The van der Waals surface area contributed by atoms with Gasteiger partial charge in [-0.1, -0.05) is 11.6 Å². The second kappa shape index (κ2) is 3.20. The molecule has 1 aromatic rings. The van der Waals surface area contributed by atoms with E-state index in [0.717, 1.165) is 9.90 Å². The van der Waals surface area contributed by atoms with Crippen LogP contribution in [0, 0.1) is 0 Å². The van der Waals surface area contributed by atoms with Crippen molar-refractivity contribution in [3.8, 4) is 0 Å². The highest BCUT2D eigenvalue weighted by atomic mass is 35.5. The molecule has 2 nitrogen and oxygen atoms in total. The van der Waals surface area contributed by atoms with Crippen LogP contribution < -0.4 is 5.73 Å². The summed E-state index contributed by atoms with van der Waals surface area (Å²) in [5.41, 5.74) is 7.46. The van der Waals surface area contributed by atoms with E-state index in [1.54, 1.807) is 11.3 Å². The normalized spacial score (nSPS) is 21.7. The second-order valence-corrected chi connectivity index (χ2v) is 6.51. The maximum atomic E-state index is 6.20. The van der Waals surface area contributed by atoms with Gasteiger partial charge in [-0.25, -0.2) is 0 Å². The molecule has 2 N–H and O–H groups in total. The van der Waals surface area contributed by atoms with E-state index in [0.29, 0.717) is 6.54 Å². The lowest BCUT2D eigenvalue weighted by atomic mass is 9.94. The highest BCUT2D eigenvalue weighted by Gasteiger charge is 2.46. The van der Waals surface area contributed by atoms with Gasteiger partial charge < -0.3 is 10.5 Å². The summed E-state index contributed by atoms with van der Waals surface area (Å²) in [4.78, 5) is 1.22. The first-order chi connectivity index (χ1) is 6.79. The quantitative estimate of drug-likeness (QED) is 0.824. The van der Waals surface area contributed by atoms with Gasteiger partial charge in [0.1, 0.15) is 0 Å². The molecule has 2 rings (SSSR count). The van der Waals surface area contributed by atoms with E-state index >= 15 is 0 Å². The first kappa shape index (κ1) is 11.4. The molecule has 0 bridgehead atoms. The molecule has 15 heavy (non-hydrogen) atoms. The Bertz CT molecular complexity index is 409. The predicted molar refractivity (Wildman–Crippen MR) is 64.4 cm³/mol. The molecule has 0 amide bonds. The third-order valence-electron chi connectivity index (χ3n) is 2.82. The monoisotopic (exact) mass is 245 g/mol. The fraction of sp³-hybridized carbons (Fsp3) is 0.636. The summed E-state index contributed by atoms with van der Waals surface area (Å²) in [6, 6.07) is 0. The zero-order chi connectivity index (χ0) is 11.4. The van der Waals surface area contributed by atoms with Crippen molar-refractivity contribution in [2.45, 2.75) is 45.4 Å². The van der Waals surface area contributed by atoms with Crippen LogP contribution in [0.4, 0.5) is 0 Å². The topological polar surface area (TPSA) is 35.2 Å². The first-order valence-corrected chi connectivity index (χ1v) is 6.21. The lowest BCUT2D eigenvalue weighted by molar-refractivity contribution is -0.104. The van der Waals surface area contributed by atoms with Gasteiger partial charge in [0.05, 0.1) is 15.5 Å². The number of thiophene rings is 1. The Kier molecular flexibility index (Phi) is 2.43. The summed E-state index contributed by atoms with van der Waals surface area (Å²) in [6.07, 6.45) is 0. The summed E-state index contributed by atoms with van der Waals surface area (Å²) in [7, 11) is 0. The van der Waals surface area contributed by atoms with Gasteiger partial charge >= 0.3 is 0 Å². The van der Waals surface area contributed by atoms with E-state index in [4.69, 9.17) is 22.1 Å². The van der Waals surface area contributed by atoms with E-state index in [1.807, 2.05) is 0 Å². The van der Waals surface area contributed by atoms with E-state index < -0.39 is 0 Å². The summed E-state index contributed by atoms with van der Waals surface area (Å²) in [6.45, 7) is 8.78. The molecule has 2 heterocycles. The number of ether oxygens (including phenoxy) is 1. The Morgan fingerprint density at radius 1 is 1.27 bits per heavy atom. The number of hydrogen-bond acceptors (Lipinski definition) is 3. The lowest BCUT2D eigenvalue weighted by Crippen LogP contribution is -2.23. The maximum Gasteiger partial charge on any atom is 0.0983 e. The van der Waals surface area contributed by atoms with Gasteiger partial charge in [0, 0.05) is 22.5 Å². The van der Waals surface area contributed by atoms with Gasteiger partial charge in [-0.2, -0.15) is 0 Å². The largest absolute Gasteiger partial charge is 0.359 e. The fourth-order valence-corrected chi connectivity index (χ4v) is 4.07. The van der Waals surface area contributed by atoms with Crippen LogP contribution in [-0.4, -0.2) is 0 Å². The van der Waals surface area contributed by atoms with Gasteiger partial charge in [-0.15, -0.1) is 11.3 Å². The molecule has 0 spiro atoms. The Morgan fingerprint density at radius 3 is 2.40 bits per heavy atom. The number of nitrogens with two attached hydrogens (primary N) is 1. The minimum atomic E-state index is -0.281. The van der Waals surface area contributed by atoms with E-state index in [2.05, 4.69) is 27.7 Å². The molecule has 0 unspecified atom stereocenters. The van der Waals surface area contributed by atoms with Crippen molar-refractivity contribution < 1.29 is 4.74 Å². The average Bonchev–Trinajstić information content (AvgIpc) is 2.48. The summed E-state index contributed by atoms with van der Waals surface area (Å²) >= 11 is 7.80. The van der Waals surface area contributed by atoms with Crippen molar-refractivity contribution in [1.29, 1.82) is 0 Å². The van der Waals surface area contributed by atoms with Crippen molar-refractivity contribution in [3.05, 3.63) is 20.3 Å². The van der Waals surface area contributed by atoms with Gasteiger partial charge in [0.25, 0.3) is 0 Å². The molecule has 1 aliphatic heterocycles.